The van der Waals surface area contributed by atoms with Crippen molar-refractivity contribution in [3.05, 3.63) is 59.8 Å². The maximum absolute atomic E-state index is 14.0. The van der Waals surface area contributed by atoms with Gasteiger partial charge in [-0.3, -0.25) is 4.79 Å². The third-order valence-corrected chi connectivity index (χ3v) is 12.1. The van der Waals surface area contributed by atoms with Gasteiger partial charge < -0.3 is 15.0 Å². The molecule has 52 heavy (non-hydrogen) atoms. The Morgan fingerprint density at radius 1 is 0.788 bits per heavy atom. The summed E-state index contributed by atoms with van der Waals surface area (Å²) in [7, 11) is 0. The number of amides is 1. The Kier molecular flexibility index (Phi) is 18.9. The van der Waals surface area contributed by atoms with Gasteiger partial charge in [0.15, 0.2) is 11.3 Å². The van der Waals surface area contributed by atoms with E-state index >= 15 is 0 Å². The maximum atomic E-state index is 14.0. The van der Waals surface area contributed by atoms with Crippen molar-refractivity contribution in [1.82, 2.24) is 9.97 Å². The lowest BCUT2D eigenvalue weighted by molar-refractivity contribution is -0.124. The number of thioether (sulfide) groups is 1. The lowest BCUT2D eigenvalue weighted by Gasteiger charge is -2.32. The molecule has 1 amide bonds. The first-order valence-corrected chi connectivity index (χ1v) is 21.8. The Morgan fingerprint density at radius 3 is 1.94 bits per heavy atom. The van der Waals surface area contributed by atoms with Gasteiger partial charge in [-0.15, -0.1) is 0 Å². The van der Waals surface area contributed by atoms with Crippen LogP contribution < -0.4 is 10.1 Å². The van der Waals surface area contributed by atoms with E-state index in [0.717, 1.165) is 52.0 Å². The first-order chi connectivity index (χ1) is 24.9. The molecule has 290 valence electrons. The summed E-state index contributed by atoms with van der Waals surface area (Å²) in [5.41, 5.74) is 5.01. The number of aromatic nitrogens is 2. The molecule has 0 bridgehead atoms. The number of nitrogens with zero attached hydrogens (tertiary/aromatic N) is 1. The molecule has 0 saturated carbocycles. The number of hydrogen-bond donors (Lipinski definition) is 2. The van der Waals surface area contributed by atoms with E-state index in [1.54, 1.807) is 11.8 Å². The Balaban J connectivity index is 1.53. The van der Waals surface area contributed by atoms with Crippen LogP contribution in [0.2, 0.25) is 0 Å². The van der Waals surface area contributed by atoms with Crippen molar-refractivity contribution in [2.75, 3.05) is 11.1 Å². The van der Waals surface area contributed by atoms with Crippen molar-refractivity contribution < 1.29 is 9.53 Å². The second-order valence-corrected chi connectivity index (χ2v) is 17.6. The zero-order valence-electron chi connectivity index (χ0n) is 34.5. The van der Waals surface area contributed by atoms with Gasteiger partial charge in [-0.05, 0) is 53.7 Å². The molecule has 0 radical (unpaired) electrons. The topological polar surface area (TPSA) is 67.0 Å². The van der Waals surface area contributed by atoms with Gasteiger partial charge in [-0.25, -0.2) is 4.98 Å². The minimum Gasteiger partial charge on any atom is -0.480 e. The number of ether oxygens (including phenoxy) is 1. The number of carbonyl (C=O) groups excluding carboxylic acids is 1. The summed E-state index contributed by atoms with van der Waals surface area (Å²) in [6.07, 6.45) is 22.5. The molecule has 2 N–H and O–H groups in total. The molecule has 0 aliphatic carbocycles. The summed E-state index contributed by atoms with van der Waals surface area (Å²) in [5, 5.41) is 4.14. The largest absolute Gasteiger partial charge is 0.480 e. The summed E-state index contributed by atoms with van der Waals surface area (Å²) < 4.78 is 6.66. The second-order valence-electron chi connectivity index (χ2n) is 16.5. The molecule has 0 aliphatic rings. The number of imidazole rings is 1. The zero-order chi connectivity index (χ0) is 38.0. The van der Waals surface area contributed by atoms with Crippen LogP contribution in [0.3, 0.4) is 0 Å². The maximum Gasteiger partial charge on any atom is 0.265 e. The van der Waals surface area contributed by atoms with Crippen LogP contribution in [0.15, 0.2) is 53.8 Å². The number of benzene rings is 2. The normalized spacial score (nSPS) is 12.7. The standard InChI is InChI=1S/C46H73N3O2S/c1-10-13-14-15-16-17-18-19-20-21-22-23-24-27-32-52-44-47-34-40(49-44)37-28-25-26-29-39(37)48-43(50)42(35(4)5)51-41-31-30-36(45(6,7)11-2)33-38(41)46(8,9)12-3/h25-26,28-31,33-35,42H,10-24,27,32H2,1-9H3,(H,47,49)(H,48,50). The van der Waals surface area contributed by atoms with Crippen LogP contribution in [-0.4, -0.2) is 27.7 Å². The van der Waals surface area contributed by atoms with Crippen LogP contribution in [0.1, 0.15) is 176 Å². The molecule has 0 spiro atoms. The first-order valence-electron chi connectivity index (χ1n) is 20.8. The van der Waals surface area contributed by atoms with Crippen LogP contribution in [-0.2, 0) is 15.6 Å². The molecule has 0 fully saturated rings. The lowest BCUT2D eigenvalue weighted by atomic mass is 9.76. The van der Waals surface area contributed by atoms with E-state index in [4.69, 9.17) is 4.74 Å². The molecule has 5 nitrogen and oxygen atoms in total. The molecule has 6 heteroatoms. The number of unbranched alkanes of at least 4 members (excludes halogenated alkanes) is 13. The van der Waals surface area contributed by atoms with Crippen molar-refractivity contribution in [2.45, 2.75) is 187 Å². The molecule has 0 aliphatic heterocycles. The molecule has 0 saturated heterocycles. The molecule has 3 rings (SSSR count). The van der Waals surface area contributed by atoms with E-state index in [1.807, 2.05) is 44.3 Å². The van der Waals surface area contributed by atoms with Crippen LogP contribution in [0.5, 0.6) is 5.75 Å². The number of carbonyl (C=O) groups is 1. The van der Waals surface area contributed by atoms with Gasteiger partial charge in [0.25, 0.3) is 5.91 Å². The predicted octanol–water partition coefficient (Wildman–Crippen LogP) is 14.1. The number of aromatic amines is 1. The highest BCUT2D eigenvalue weighted by Crippen LogP contribution is 2.39. The fourth-order valence-electron chi connectivity index (χ4n) is 6.62. The highest BCUT2D eigenvalue weighted by atomic mass is 32.2. The van der Waals surface area contributed by atoms with E-state index in [1.165, 1.54) is 95.5 Å². The fraction of sp³-hybridized carbons (Fsp3) is 0.652. The molecule has 1 atom stereocenters. The second kappa shape index (κ2) is 22.5. The zero-order valence-corrected chi connectivity index (χ0v) is 35.3. The van der Waals surface area contributed by atoms with Crippen molar-refractivity contribution >= 4 is 23.4 Å². The molecule has 2 aromatic carbocycles. The summed E-state index contributed by atoms with van der Waals surface area (Å²) in [4.78, 5) is 22.1. The Morgan fingerprint density at radius 2 is 1.37 bits per heavy atom. The number of para-hydroxylation sites is 1. The predicted molar refractivity (Wildman–Crippen MR) is 226 cm³/mol. The molecular weight excluding hydrogens is 659 g/mol. The highest BCUT2D eigenvalue weighted by molar-refractivity contribution is 7.99. The van der Waals surface area contributed by atoms with Gasteiger partial charge >= 0.3 is 0 Å². The quantitative estimate of drug-likeness (QED) is 0.0637. The highest BCUT2D eigenvalue weighted by Gasteiger charge is 2.31. The summed E-state index contributed by atoms with van der Waals surface area (Å²) in [5.74, 6) is 1.68. The molecule has 1 unspecified atom stereocenters. The molecule has 3 aromatic rings. The summed E-state index contributed by atoms with van der Waals surface area (Å²) in [6, 6.07) is 14.5. The van der Waals surface area contributed by atoms with Gasteiger partial charge in [-0.2, -0.15) is 0 Å². The fourth-order valence-corrected chi connectivity index (χ4v) is 7.47. The number of hydrogen-bond acceptors (Lipinski definition) is 4. The molecule has 1 aromatic heterocycles. The summed E-state index contributed by atoms with van der Waals surface area (Å²) >= 11 is 1.78. The SMILES string of the molecule is CCCCCCCCCCCCCCCCSc1ncc(-c2ccccc2NC(=O)C(Oc2ccc(C(C)(C)CC)cc2C(C)(C)CC)C(C)C)[nH]1. The lowest BCUT2D eigenvalue weighted by Crippen LogP contribution is -2.38. The smallest absolute Gasteiger partial charge is 0.265 e. The number of nitrogens with one attached hydrogen (secondary N) is 2. The van der Waals surface area contributed by atoms with Crippen LogP contribution >= 0.6 is 11.8 Å². The Hall–Kier alpha value is -2.73. The van der Waals surface area contributed by atoms with E-state index in [2.05, 4.69) is 82.0 Å². The number of rotatable bonds is 26. The monoisotopic (exact) mass is 732 g/mol. The molecule has 1 heterocycles. The summed E-state index contributed by atoms with van der Waals surface area (Å²) in [6.45, 7) is 19.9. The van der Waals surface area contributed by atoms with Crippen LogP contribution in [0.4, 0.5) is 5.69 Å². The van der Waals surface area contributed by atoms with E-state index in [9.17, 15) is 4.79 Å². The molecular formula is C46H73N3O2S. The van der Waals surface area contributed by atoms with Crippen LogP contribution in [0, 0.1) is 5.92 Å². The number of anilines is 1. The average molecular weight is 732 g/mol. The first kappa shape index (κ1) is 43.7. The van der Waals surface area contributed by atoms with Crippen LogP contribution in [0.25, 0.3) is 11.3 Å². The minimum atomic E-state index is -0.650. The van der Waals surface area contributed by atoms with E-state index in [-0.39, 0.29) is 22.7 Å². The van der Waals surface area contributed by atoms with Crippen molar-refractivity contribution in [3.8, 4) is 17.0 Å². The van der Waals surface area contributed by atoms with Crippen molar-refractivity contribution in [1.29, 1.82) is 0 Å². The van der Waals surface area contributed by atoms with Gasteiger partial charge in [0.2, 0.25) is 0 Å². The van der Waals surface area contributed by atoms with E-state index in [0.29, 0.717) is 0 Å². The third kappa shape index (κ3) is 13.9. The average Bonchev–Trinajstić information content (AvgIpc) is 3.60. The van der Waals surface area contributed by atoms with Crippen molar-refractivity contribution in [3.63, 3.8) is 0 Å². The van der Waals surface area contributed by atoms with Gasteiger partial charge in [-0.1, -0.05) is 188 Å². The van der Waals surface area contributed by atoms with Gasteiger partial charge in [0.1, 0.15) is 5.75 Å². The number of H-pyrrole nitrogens is 1. The van der Waals surface area contributed by atoms with E-state index < -0.39 is 6.10 Å². The third-order valence-electron chi connectivity index (χ3n) is 11.1. The van der Waals surface area contributed by atoms with Gasteiger partial charge in [0, 0.05) is 16.9 Å². The Bertz CT molecular complexity index is 1460. The van der Waals surface area contributed by atoms with Crippen molar-refractivity contribution in [2.24, 2.45) is 5.92 Å². The Labute approximate surface area is 322 Å². The van der Waals surface area contributed by atoms with Gasteiger partial charge in [0.05, 0.1) is 17.6 Å². The minimum absolute atomic E-state index is 0.0263.